The van der Waals surface area contributed by atoms with Gasteiger partial charge in [-0.2, -0.15) is 0 Å². The zero-order valence-electron chi connectivity index (χ0n) is 14.0. The molecule has 1 heterocycles. The van der Waals surface area contributed by atoms with E-state index in [1.165, 1.54) is 0 Å². The van der Waals surface area contributed by atoms with Crippen LogP contribution in [0.2, 0.25) is 0 Å². The number of rotatable bonds is 7. The molecule has 0 aliphatic carbocycles. The van der Waals surface area contributed by atoms with Crippen LogP contribution in [0.5, 0.6) is 0 Å². The van der Waals surface area contributed by atoms with Crippen molar-refractivity contribution in [2.75, 3.05) is 38.2 Å². The van der Waals surface area contributed by atoms with E-state index < -0.39 is 9.84 Å². The van der Waals surface area contributed by atoms with Crippen LogP contribution in [-0.2, 0) is 14.6 Å². The monoisotopic (exact) mass is 318 g/mol. The second-order valence-corrected chi connectivity index (χ2v) is 9.29. The van der Waals surface area contributed by atoms with Gasteiger partial charge < -0.3 is 4.90 Å². The third-order valence-corrected chi connectivity index (χ3v) is 5.49. The summed E-state index contributed by atoms with van der Waals surface area (Å²) < 4.78 is 23.1. The van der Waals surface area contributed by atoms with Gasteiger partial charge in [0.2, 0.25) is 5.91 Å². The summed E-state index contributed by atoms with van der Waals surface area (Å²) in [6.07, 6.45) is 0.639. The van der Waals surface area contributed by atoms with Gasteiger partial charge in [-0.15, -0.1) is 0 Å². The molecule has 0 N–H and O–H groups in total. The molecule has 0 bridgehead atoms. The molecule has 0 aromatic carbocycles. The minimum absolute atomic E-state index is 0.0149. The summed E-state index contributed by atoms with van der Waals surface area (Å²) in [5, 5.41) is 0. The normalized spacial score (nSPS) is 21.4. The van der Waals surface area contributed by atoms with Crippen LogP contribution in [-0.4, -0.2) is 68.4 Å². The van der Waals surface area contributed by atoms with Crippen molar-refractivity contribution in [3.8, 4) is 0 Å². The topological polar surface area (TPSA) is 57.7 Å². The fraction of sp³-hybridized carbons (Fsp3) is 0.933. The zero-order chi connectivity index (χ0) is 16.2. The Morgan fingerprint density at radius 1 is 1.14 bits per heavy atom. The van der Waals surface area contributed by atoms with Gasteiger partial charge in [-0.3, -0.25) is 9.69 Å². The first-order valence-corrected chi connectivity index (χ1v) is 9.61. The van der Waals surface area contributed by atoms with Gasteiger partial charge in [0.1, 0.15) is 0 Å². The Hall–Kier alpha value is -0.620. The van der Waals surface area contributed by atoms with Gasteiger partial charge in [0, 0.05) is 19.1 Å². The zero-order valence-corrected chi connectivity index (χ0v) is 14.8. The largest absolute Gasteiger partial charge is 0.341 e. The molecule has 6 heteroatoms. The Balaban J connectivity index is 2.59. The van der Waals surface area contributed by atoms with Crippen molar-refractivity contribution < 1.29 is 13.2 Å². The summed E-state index contributed by atoms with van der Waals surface area (Å²) in [5.74, 6) is 1.40. The van der Waals surface area contributed by atoms with E-state index in [0.29, 0.717) is 24.8 Å². The minimum Gasteiger partial charge on any atom is -0.341 e. The van der Waals surface area contributed by atoms with Crippen LogP contribution in [0.15, 0.2) is 0 Å². The molecule has 0 aromatic rings. The Labute approximate surface area is 129 Å². The average molecular weight is 318 g/mol. The van der Waals surface area contributed by atoms with E-state index in [9.17, 15) is 13.2 Å². The van der Waals surface area contributed by atoms with E-state index in [0.717, 1.165) is 13.1 Å². The highest BCUT2D eigenvalue weighted by Crippen LogP contribution is 2.16. The molecule has 0 aromatic heterocycles. The van der Waals surface area contributed by atoms with E-state index in [-0.39, 0.29) is 23.5 Å². The molecule has 1 amide bonds. The number of hydrogen-bond donors (Lipinski definition) is 0. The first kappa shape index (κ1) is 18.4. The quantitative estimate of drug-likeness (QED) is 0.709. The fourth-order valence-electron chi connectivity index (χ4n) is 2.73. The number of nitrogens with zero attached hydrogens (tertiary/aromatic N) is 2. The molecule has 21 heavy (non-hydrogen) atoms. The SMILES string of the molecule is CC(C)CN(CC(C)C)C(=O)CN(C)C1CCS(=O)(=O)C1. The Morgan fingerprint density at radius 3 is 2.05 bits per heavy atom. The number of carbonyl (C=O) groups excluding carboxylic acids is 1. The predicted octanol–water partition coefficient (Wildman–Crippen LogP) is 1.25. The van der Waals surface area contributed by atoms with Gasteiger partial charge in [0.15, 0.2) is 9.84 Å². The molecule has 1 atom stereocenters. The van der Waals surface area contributed by atoms with Crippen molar-refractivity contribution in [3.05, 3.63) is 0 Å². The number of carbonyl (C=O) groups is 1. The number of amides is 1. The summed E-state index contributed by atoms with van der Waals surface area (Å²) in [5.41, 5.74) is 0. The van der Waals surface area contributed by atoms with E-state index in [1.54, 1.807) is 0 Å². The van der Waals surface area contributed by atoms with Gasteiger partial charge >= 0.3 is 0 Å². The maximum Gasteiger partial charge on any atom is 0.236 e. The summed E-state index contributed by atoms with van der Waals surface area (Å²) in [7, 11) is -1.05. The Kier molecular flexibility index (Phi) is 6.66. The molecule has 1 rings (SSSR count). The van der Waals surface area contributed by atoms with E-state index in [2.05, 4.69) is 27.7 Å². The van der Waals surface area contributed by atoms with Crippen LogP contribution in [0.25, 0.3) is 0 Å². The molecular formula is C15H30N2O3S. The predicted molar refractivity (Wildman–Crippen MR) is 85.9 cm³/mol. The molecule has 5 nitrogen and oxygen atoms in total. The number of hydrogen-bond acceptors (Lipinski definition) is 4. The summed E-state index contributed by atoms with van der Waals surface area (Å²) in [6.45, 7) is 10.2. The van der Waals surface area contributed by atoms with Gasteiger partial charge in [0.05, 0.1) is 18.1 Å². The standard InChI is InChI=1S/C15H30N2O3S/c1-12(2)8-17(9-13(3)4)15(18)10-16(5)14-6-7-21(19,20)11-14/h12-14H,6-11H2,1-5H3. The van der Waals surface area contributed by atoms with Crippen LogP contribution >= 0.6 is 0 Å². The Morgan fingerprint density at radius 2 is 1.67 bits per heavy atom. The highest BCUT2D eigenvalue weighted by Gasteiger charge is 2.32. The van der Waals surface area contributed by atoms with Crippen molar-refractivity contribution in [1.29, 1.82) is 0 Å². The summed E-state index contributed by atoms with van der Waals surface area (Å²) >= 11 is 0. The Bertz CT molecular complexity index is 436. The highest BCUT2D eigenvalue weighted by atomic mass is 32.2. The number of sulfone groups is 1. The van der Waals surface area contributed by atoms with Gasteiger partial charge in [-0.25, -0.2) is 8.42 Å². The molecule has 0 radical (unpaired) electrons. The maximum absolute atomic E-state index is 12.5. The lowest BCUT2D eigenvalue weighted by Crippen LogP contribution is -2.45. The fourth-order valence-corrected chi connectivity index (χ4v) is 4.53. The van der Waals surface area contributed by atoms with Crippen molar-refractivity contribution in [1.82, 2.24) is 9.80 Å². The van der Waals surface area contributed by atoms with Crippen LogP contribution in [0, 0.1) is 11.8 Å². The van der Waals surface area contributed by atoms with Crippen molar-refractivity contribution in [2.24, 2.45) is 11.8 Å². The molecule has 1 fully saturated rings. The van der Waals surface area contributed by atoms with Crippen molar-refractivity contribution in [2.45, 2.75) is 40.2 Å². The van der Waals surface area contributed by atoms with Crippen LogP contribution in [0.4, 0.5) is 0 Å². The van der Waals surface area contributed by atoms with Gasteiger partial charge in [0.25, 0.3) is 0 Å². The number of likely N-dealkylation sites (N-methyl/N-ethyl adjacent to an activating group) is 1. The first-order chi connectivity index (χ1) is 9.60. The lowest BCUT2D eigenvalue weighted by atomic mass is 10.1. The maximum atomic E-state index is 12.5. The highest BCUT2D eigenvalue weighted by molar-refractivity contribution is 7.91. The summed E-state index contributed by atoms with van der Waals surface area (Å²) in [4.78, 5) is 16.3. The van der Waals surface area contributed by atoms with Crippen molar-refractivity contribution >= 4 is 15.7 Å². The second kappa shape index (κ2) is 7.58. The molecule has 1 aliphatic heterocycles. The lowest BCUT2D eigenvalue weighted by Gasteiger charge is -2.30. The molecule has 1 saturated heterocycles. The molecule has 1 aliphatic rings. The third kappa shape index (κ3) is 6.34. The lowest BCUT2D eigenvalue weighted by molar-refractivity contribution is -0.133. The minimum atomic E-state index is -2.90. The van der Waals surface area contributed by atoms with E-state index in [4.69, 9.17) is 0 Å². The molecule has 1 unspecified atom stereocenters. The average Bonchev–Trinajstić information content (AvgIpc) is 2.67. The smallest absolute Gasteiger partial charge is 0.236 e. The second-order valence-electron chi connectivity index (χ2n) is 7.06. The van der Waals surface area contributed by atoms with Gasteiger partial charge in [-0.05, 0) is 25.3 Å². The molecule has 0 spiro atoms. The third-order valence-electron chi connectivity index (χ3n) is 3.74. The molecule has 124 valence electrons. The van der Waals surface area contributed by atoms with E-state index in [1.807, 2.05) is 16.8 Å². The van der Waals surface area contributed by atoms with E-state index >= 15 is 0 Å². The summed E-state index contributed by atoms with van der Waals surface area (Å²) in [6, 6.07) is -0.0149. The van der Waals surface area contributed by atoms with Crippen LogP contribution in [0.1, 0.15) is 34.1 Å². The molecular weight excluding hydrogens is 288 g/mol. The molecule has 0 saturated carbocycles. The van der Waals surface area contributed by atoms with Crippen molar-refractivity contribution in [3.63, 3.8) is 0 Å². The van der Waals surface area contributed by atoms with Crippen LogP contribution < -0.4 is 0 Å². The first-order valence-electron chi connectivity index (χ1n) is 7.79. The van der Waals surface area contributed by atoms with Crippen LogP contribution in [0.3, 0.4) is 0 Å². The van der Waals surface area contributed by atoms with Gasteiger partial charge in [-0.1, -0.05) is 27.7 Å².